The van der Waals surface area contributed by atoms with E-state index in [9.17, 15) is 9.18 Å². The van der Waals surface area contributed by atoms with E-state index in [0.717, 1.165) is 29.8 Å². The van der Waals surface area contributed by atoms with Crippen LogP contribution in [0.5, 0.6) is 0 Å². The summed E-state index contributed by atoms with van der Waals surface area (Å²) in [7, 11) is 0. The average Bonchev–Trinajstić information content (AvgIpc) is 3.20. The molecule has 24 heavy (non-hydrogen) atoms. The summed E-state index contributed by atoms with van der Waals surface area (Å²) in [6, 6.07) is 7.41. The number of H-pyrrole nitrogens is 1. The molecule has 2 aromatic heterocycles. The van der Waals surface area contributed by atoms with Gasteiger partial charge < -0.3 is 10.3 Å². The van der Waals surface area contributed by atoms with Gasteiger partial charge in [0, 0.05) is 28.9 Å². The maximum Gasteiger partial charge on any atom is 0.253 e. The van der Waals surface area contributed by atoms with E-state index in [2.05, 4.69) is 20.3 Å². The molecule has 1 spiro atoms. The second-order valence-electron chi connectivity index (χ2n) is 6.71. The first-order valence-corrected chi connectivity index (χ1v) is 8.02. The van der Waals surface area contributed by atoms with Gasteiger partial charge >= 0.3 is 0 Å². The molecule has 0 atom stereocenters. The number of para-hydroxylation sites is 1. The molecule has 0 bridgehead atoms. The fraction of sp³-hybridized carbons (Fsp3) is 0.278. The summed E-state index contributed by atoms with van der Waals surface area (Å²) in [6.45, 7) is 2.28. The van der Waals surface area contributed by atoms with Crippen molar-refractivity contribution in [1.29, 1.82) is 0 Å². The van der Waals surface area contributed by atoms with Gasteiger partial charge in [0.25, 0.3) is 5.91 Å². The van der Waals surface area contributed by atoms with Crippen molar-refractivity contribution >= 4 is 16.9 Å². The maximum absolute atomic E-state index is 13.9. The highest BCUT2D eigenvalue weighted by Gasteiger charge is 2.50. The molecule has 2 aliphatic rings. The molecule has 1 aliphatic carbocycles. The molecule has 0 unspecified atom stereocenters. The van der Waals surface area contributed by atoms with E-state index in [0.29, 0.717) is 23.1 Å². The standard InChI is InChI=1S/C18H15FN4O/c1-9-16(19)23-14-10(3-2-4-12(14)21-9)13-7-11-15(22-13)18(5-6-18)8-20-17(11)24/h2-4,7,22H,5-6,8H2,1H3,(H,20,24). The molecule has 1 aliphatic heterocycles. The maximum atomic E-state index is 13.9. The van der Waals surface area contributed by atoms with E-state index in [4.69, 9.17) is 0 Å². The molecular formula is C18H15FN4O. The number of nitrogens with one attached hydrogen (secondary N) is 2. The summed E-state index contributed by atoms with van der Waals surface area (Å²) in [5.41, 5.74) is 4.71. The third kappa shape index (κ3) is 1.76. The molecule has 5 nitrogen and oxygen atoms in total. The van der Waals surface area contributed by atoms with Crippen LogP contribution in [0.3, 0.4) is 0 Å². The number of aryl methyl sites for hydroxylation is 1. The van der Waals surface area contributed by atoms with Gasteiger partial charge in [-0.15, -0.1) is 0 Å². The van der Waals surface area contributed by atoms with Crippen LogP contribution in [0.1, 0.15) is 34.6 Å². The zero-order valence-corrected chi connectivity index (χ0v) is 13.1. The molecular weight excluding hydrogens is 307 g/mol. The molecule has 3 aromatic rings. The van der Waals surface area contributed by atoms with Gasteiger partial charge in [0.15, 0.2) is 0 Å². The van der Waals surface area contributed by atoms with Crippen molar-refractivity contribution in [2.45, 2.75) is 25.2 Å². The Balaban J connectivity index is 1.74. The first-order chi connectivity index (χ1) is 11.6. The van der Waals surface area contributed by atoms with Gasteiger partial charge in [0.05, 0.1) is 16.8 Å². The molecule has 0 saturated heterocycles. The van der Waals surface area contributed by atoms with Crippen LogP contribution in [0.2, 0.25) is 0 Å². The van der Waals surface area contributed by atoms with Crippen LogP contribution in [0, 0.1) is 12.9 Å². The molecule has 2 N–H and O–H groups in total. The Morgan fingerprint density at radius 3 is 2.83 bits per heavy atom. The molecule has 120 valence electrons. The van der Waals surface area contributed by atoms with E-state index >= 15 is 0 Å². The van der Waals surface area contributed by atoms with Crippen LogP contribution >= 0.6 is 0 Å². The number of aromatic nitrogens is 3. The Kier molecular flexibility index (Phi) is 2.51. The topological polar surface area (TPSA) is 70.7 Å². The summed E-state index contributed by atoms with van der Waals surface area (Å²) in [5, 5.41) is 2.96. The number of amides is 1. The number of aromatic amines is 1. The van der Waals surface area contributed by atoms with Crippen LogP contribution in [0.15, 0.2) is 24.3 Å². The van der Waals surface area contributed by atoms with Gasteiger partial charge in [0.1, 0.15) is 5.52 Å². The minimum absolute atomic E-state index is 0.0552. The van der Waals surface area contributed by atoms with Crippen molar-refractivity contribution in [3.05, 3.63) is 47.2 Å². The number of carbonyl (C=O) groups excluding carboxylic acids is 1. The lowest BCUT2D eigenvalue weighted by atomic mass is 9.95. The van der Waals surface area contributed by atoms with Crippen LogP contribution in [-0.4, -0.2) is 27.4 Å². The molecule has 1 saturated carbocycles. The predicted octanol–water partition coefficient (Wildman–Crippen LogP) is 2.85. The van der Waals surface area contributed by atoms with E-state index in [1.165, 1.54) is 0 Å². The quantitative estimate of drug-likeness (QED) is 0.724. The summed E-state index contributed by atoms with van der Waals surface area (Å²) >= 11 is 0. The number of nitrogens with zero attached hydrogens (tertiary/aromatic N) is 2. The van der Waals surface area contributed by atoms with Crippen molar-refractivity contribution in [2.75, 3.05) is 6.54 Å². The SMILES string of the molecule is Cc1nc2cccc(-c3cc4c([nH]3)C3(CC3)CNC4=O)c2nc1F. The lowest BCUT2D eigenvalue weighted by molar-refractivity contribution is 0.0937. The summed E-state index contributed by atoms with van der Waals surface area (Å²) in [6.07, 6.45) is 2.15. The Bertz CT molecular complexity index is 1020. The van der Waals surface area contributed by atoms with Crippen LogP contribution in [0.4, 0.5) is 4.39 Å². The lowest BCUT2D eigenvalue weighted by Gasteiger charge is -2.21. The average molecular weight is 322 g/mol. The van der Waals surface area contributed by atoms with Gasteiger partial charge in [-0.3, -0.25) is 4.79 Å². The number of hydrogen-bond acceptors (Lipinski definition) is 3. The highest BCUT2D eigenvalue weighted by atomic mass is 19.1. The van der Waals surface area contributed by atoms with Crippen LogP contribution in [0.25, 0.3) is 22.3 Å². The number of benzene rings is 1. The van der Waals surface area contributed by atoms with E-state index < -0.39 is 5.95 Å². The van der Waals surface area contributed by atoms with Crippen molar-refractivity contribution in [2.24, 2.45) is 0 Å². The minimum atomic E-state index is -0.567. The van der Waals surface area contributed by atoms with Gasteiger partial charge in [-0.2, -0.15) is 4.39 Å². The minimum Gasteiger partial charge on any atom is -0.357 e. The van der Waals surface area contributed by atoms with Crippen molar-refractivity contribution < 1.29 is 9.18 Å². The zero-order chi connectivity index (χ0) is 16.5. The summed E-state index contributed by atoms with van der Waals surface area (Å²) < 4.78 is 13.9. The summed E-state index contributed by atoms with van der Waals surface area (Å²) in [5.74, 6) is -0.624. The van der Waals surface area contributed by atoms with E-state index in [1.807, 2.05) is 24.3 Å². The van der Waals surface area contributed by atoms with Crippen LogP contribution < -0.4 is 5.32 Å². The zero-order valence-electron chi connectivity index (χ0n) is 13.1. The second kappa shape index (κ2) is 4.41. The Morgan fingerprint density at radius 2 is 2.04 bits per heavy atom. The number of carbonyl (C=O) groups is 1. The normalized spacial score (nSPS) is 17.8. The fourth-order valence-electron chi connectivity index (χ4n) is 3.57. The van der Waals surface area contributed by atoms with Gasteiger partial charge in [-0.25, -0.2) is 9.97 Å². The van der Waals surface area contributed by atoms with Gasteiger partial charge in [0.2, 0.25) is 5.95 Å². The molecule has 1 aromatic carbocycles. The van der Waals surface area contributed by atoms with Crippen molar-refractivity contribution in [3.63, 3.8) is 0 Å². The molecule has 1 amide bonds. The molecule has 0 radical (unpaired) electrons. The molecule has 1 fully saturated rings. The second-order valence-corrected chi connectivity index (χ2v) is 6.71. The largest absolute Gasteiger partial charge is 0.357 e. The number of halogens is 1. The highest BCUT2D eigenvalue weighted by molar-refractivity contribution is 6.00. The van der Waals surface area contributed by atoms with E-state index in [1.54, 1.807) is 6.92 Å². The van der Waals surface area contributed by atoms with Crippen LogP contribution in [-0.2, 0) is 5.41 Å². The van der Waals surface area contributed by atoms with Crippen molar-refractivity contribution in [3.8, 4) is 11.3 Å². The number of hydrogen-bond donors (Lipinski definition) is 2. The third-order valence-corrected chi connectivity index (χ3v) is 5.14. The van der Waals surface area contributed by atoms with Gasteiger partial charge in [-0.05, 0) is 31.9 Å². The first kappa shape index (κ1) is 13.7. The predicted molar refractivity (Wildman–Crippen MR) is 87.3 cm³/mol. The smallest absolute Gasteiger partial charge is 0.253 e. The third-order valence-electron chi connectivity index (χ3n) is 5.14. The molecule has 5 rings (SSSR count). The Labute approximate surface area is 137 Å². The number of fused-ring (bicyclic) bond motifs is 3. The summed E-state index contributed by atoms with van der Waals surface area (Å²) in [4.78, 5) is 23.9. The fourth-order valence-corrected chi connectivity index (χ4v) is 3.57. The van der Waals surface area contributed by atoms with Crippen molar-refractivity contribution in [1.82, 2.24) is 20.3 Å². The Hall–Kier alpha value is -2.76. The number of rotatable bonds is 1. The molecule has 6 heteroatoms. The highest BCUT2D eigenvalue weighted by Crippen LogP contribution is 2.50. The van der Waals surface area contributed by atoms with E-state index in [-0.39, 0.29) is 17.0 Å². The van der Waals surface area contributed by atoms with Gasteiger partial charge in [-0.1, -0.05) is 12.1 Å². The first-order valence-electron chi connectivity index (χ1n) is 8.02. The Morgan fingerprint density at radius 1 is 1.21 bits per heavy atom. The molecule has 3 heterocycles. The monoisotopic (exact) mass is 322 g/mol. The lowest BCUT2D eigenvalue weighted by Crippen LogP contribution is -2.38.